The fraction of sp³-hybridized carbons (Fsp3) is 0.120. The predicted molar refractivity (Wildman–Crippen MR) is 136 cm³/mol. The number of carbonyl (C=O) groups excluding carboxylic acids is 1. The maximum Gasteiger partial charge on any atom is 0.281 e. The van der Waals surface area contributed by atoms with Crippen LogP contribution in [0.25, 0.3) is 6.08 Å². The van der Waals surface area contributed by atoms with Gasteiger partial charge in [0.1, 0.15) is 23.8 Å². The molecule has 1 aliphatic rings. The standard InChI is InChI=1S/C25H20Cl2N2O3S/c1-2-31-20-11-9-19(10-12-20)29-24(30)22(28-25(29)33)13-16-5-3-4-6-23(16)32-15-17-7-8-18(26)14-21(17)27/h3-14H,2,15H2,1H3,(H,28,33). The highest BCUT2D eigenvalue weighted by Crippen LogP contribution is 2.28. The number of hydrogen-bond donors (Lipinski definition) is 1. The largest absolute Gasteiger partial charge is 0.494 e. The number of carbonyl (C=O) groups is 1. The molecule has 0 spiro atoms. The molecule has 5 nitrogen and oxygen atoms in total. The third-order valence-electron chi connectivity index (χ3n) is 4.90. The van der Waals surface area contributed by atoms with Crippen LogP contribution in [0.2, 0.25) is 10.0 Å². The number of ether oxygens (including phenoxy) is 2. The molecular formula is C25H20Cl2N2O3S. The summed E-state index contributed by atoms with van der Waals surface area (Å²) in [4.78, 5) is 14.6. The molecule has 1 N–H and O–H groups in total. The van der Waals surface area contributed by atoms with Crippen LogP contribution in [0.3, 0.4) is 0 Å². The minimum absolute atomic E-state index is 0.250. The van der Waals surface area contributed by atoms with Crippen molar-refractivity contribution in [3.63, 3.8) is 0 Å². The molecule has 0 radical (unpaired) electrons. The second kappa shape index (κ2) is 10.3. The summed E-state index contributed by atoms with van der Waals surface area (Å²) in [6, 6.07) is 19.9. The zero-order chi connectivity index (χ0) is 23.4. The number of anilines is 1. The minimum atomic E-state index is -0.250. The van der Waals surface area contributed by atoms with Gasteiger partial charge in [0.25, 0.3) is 5.91 Å². The average molecular weight is 499 g/mol. The molecule has 0 bridgehead atoms. The molecule has 168 valence electrons. The highest BCUT2D eigenvalue weighted by molar-refractivity contribution is 7.80. The lowest BCUT2D eigenvalue weighted by molar-refractivity contribution is -0.113. The van der Waals surface area contributed by atoms with E-state index in [0.717, 1.165) is 16.9 Å². The quantitative estimate of drug-likeness (QED) is 0.309. The Bertz CT molecular complexity index is 1230. The number of amides is 1. The molecule has 33 heavy (non-hydrogen) atoms. The van der Waals surface area contributed by atoms with E-state index in [0.29, 0.717) is 38.9 Å². The molecule has 0 atom stereocenters. The Kier molecular flexibility index (Phi) is 7.18. The first-order valence-electron chi connectivity index (χ1n) is 10.2. The van der Waals surface area contributed by atoms with Gasteiger partial charge in [0, 0.05) is 21.2 Å². The number of nitrogens with one attached hydrogen (secondary N) is 1. The summed E-state index contributed by atoms with van der Waals surface area (Å²) in [7, 11) is 0. The van der Waals surface area contributed by atoms with Crippen LogP contribution in [0.4, 0.5) is 5.69 Å². The summed E-state index contributed by atoms with van der Waals surface area (Å²) in [5.41, 5.74) is 2.55. The van der Waals surface area contributed by atoms with E-state index in [1.54, 1.807) is 30.3 Å². The maximum atomic E-state index is 13.1. The Balaban J connectivity index is 1.54. The van der Waals surface area contributed by atoms with Crippen molar-refractivity contribution < 1.29 is 14.3 Å². The van der Waals surface area contributed by atoms with Crippen LogP contribution in [-0.4, -0.2) is 17.6 Å². The van der Waals surface area contributed by atoms with Crippen molar-refractivity contribution in [3.8, 4) is 11.5 Å². The summed E-state index contributed by atoms with van der Waals surface area (Å²) >= 11 is 17.6. The molecular weight excluding hydrogens is 479 g/mol. The highest BCUT2D eigenvalue weighted by atomic mass is 35.5. The fourth-order valence-corrected chi connectivity index (χ4v) is 4.07. The Labute approximate surface area is 207 Å². The summed E-state index contributed by atoms with van der Waals surface area (Å²) in [5.74, 6) is 1.09. The minimum Gasteiger partial charge on any atom is -0.494 e. The van der Waals surface area contributed by atoms with Gasteiger partial charge in [-0.2, -0.15) is 0 Å². The van der Waals surface area contributed by atoms with Crippen molar-refractivity contribution in [3.05, 3.63) is 93.6 Å². The van der Waals surface area contributed by atoms with Crippen molar-refractivity contribution in [2.45, 2.75) is 13.5 Å². The Hall–Kier alpha value is -3.06. The second-order valence-electron chi connectivity index (χ2n) is 7.12. The topological polar surface area (TPSA) is 50.8 Å². The molecule has 1 heterocycles. The zero-order valence-corrected chi connectivity index (χ0v) is 20.0. The highest BCUT2D eigenvalue weighted by Gasteiger charge is 2.32. The molecule has 4 rings (SSSR count). The molecule has 1 saturated heterocycles. The number of hydrogen-bond acceptors (Lipinski definition) is 4. The first-order valence-corrected chi connectivity index (χ1v) is 11.4. The summed E-state index contributed by atoms with van der Waals surface area (Å²) in [5, 5.41) is 4.40. The van der Waals surface area contributed by atoms with Crippen LogP contribution < -0.4 is 19.7 Å². The van der Waals surface area contributed by atoms with Gasteiger partial charge in [-0.3, -0.25) is 9.69 Å². The summed E-state index contributed by atoms with van der Waals surface area (Å²) in [6.07, 6.45) is 1.72. The van der Waals surface area contributed by atoms with Crippen molar-refractivity contribution >= 4 is 58.2 Å². The van der Waals surface area contributed by atoms with Crippen LogP contribution in [-0.2, 0) is 11.4 Å². The van der Waals surface area contributed by atoms with Crippen molar-refractivity contribution in [1.82, 2.24) is 5.32 Å². The van der Waals surface area contributed by atoms with E-state index < -0.39 is 0 Å². The Morgan fingerprint density at radius 1 is 1.03 bits per heavy atom. The van der Waals surface area contributed by atoms with Gasteiger partial charge in [0.15, 0.2) is 5.11 Å². The van der Waals surface area contributed by atoms with Crippen LogP contribution in [0, 0.1) is 0 Å². The van der Waals surface area contributed by atoms with E-state index >= 15 is 0 Å². The number of para-hydroxylation sites is 1. The number of thiocarbonyl (C=S) groups is 1. The van der Waals surface area contributed by atoms with E-state index in [2.05, 4.69) is 5.32 Å². The molecule has 0 saturated carbocycles. The molecule has 1 amide bonds. The third-order valence-corrected chi connectivity index (χ3v) is 5.77. The van der Waals surface area contributed by atoms with E-state index in [-0.39, 0.29) is 12.5 Å². The monoisotopic (exact) mass is 498 g/mol. The first-order chi connectivity index (χ1) is 16.0. The van der Waals surface area contributed by atoms with E-state index in [9.17, 15) is 4.79 Å². The Morgan fingerprint density at radius 2 is 1.79 bits per heavy atom. The molecule has 3 aromatic carbocycles. The lowest BCUT2D eigenvalue weighted by Crippen LogP contribution is -2.30. The smallest absolute Gasteiger partial charge is 0.281 e. The second-order valence-corrected chi connectivity index (χ2v) is 8.35. The molecule has 0 aromatic heterocycles. The lowest BCUT2D eigenvalue weighted by atomic mass is 10.1. The number of nitrogens with zero attached hydrogens (tertiary/aromatic N) is 1. The van der Waals surface area contributed by atoms with E-state index in [1.165, 1.54) is 4.90 Å². The van der Waals surface area contributed by atoms with E-state index in [4.69, 9.17) is 44.9 Å². The van der Waals surface area contributed by atoms with Crippen LogP contribution in [0.1, 0.15) is 18.1 Å². The van der Waals surface area contributed by atoms with Gasteiger partial charge in [-0.15, -0.1) is 0 Å². The van der Waals surface area contributed by atoms with Crippen LogP contribution >= 0.6 is 35.4 Å². The van der Waals surface area contributed by atoms with Gasteiger partial charge < -0.3 is 14.8 Å². The van der Waals surface area contributed by atoms with Gasteiger partial charge in [-0.25, -0.2) is 0 Å². The molecule has 8 heteroatoms. The van der Waals surface area contributed by atoms with Gasteiger partial charge in [0.05, 0.1) is 12.3 Å². The maximum absolute atomic E-state index is 13.1. The molecule has 3 aromatic rings. The van der Waals surface area contributed by atoms with Gasteiger partial charge >= 0.3 is 0 Å². The van der Waals surface area contributed by atoms with Crippen LogP contribution in [0.5, 0.6) is 11.5 Å². The molecule has 0 aliphatic carbocycles. The molecule has 1 aliphatic heterocycles. The number of rotatable bonds is 7. The normalized spacial score (nSPS) is 14.5. The Morgan fingerprint density at radius 3 is 2.52 bits per heavy atom. The average Bonchev–Trinajstić information content (AvgIpc) is 3.08. The van der Waals surface area contributed by atoms with Gasteiger partial charge in [-0.05, 0) is 67.7 Å². The zero-order valence-electron chi connectivity index (χ0n) is 17.7. The molecule has 1 fully saturated rings. The SMILES string of the molecule is CCOc1ccc(N2C(=O)C(=Cc3ccccc3OCc3ccc(Cl)cc3Cl)NC2=S)cc1. The molecule has 0 unspecified atom stereocenters. The predicted octanol–water partition coefficient (Wildman–Crippen LogP) is 6.23. The lowest BCUT2D eigenvalue weighted by Gasteiger charge is -2.14. The van der Waals surface area contributed by atoms with Crippen molar-refractivity contribution in [2.24, 2.45) is 0 Å². The summed E-state index contributed by atoms with van der Waals surface area (Å²) in [6.45, 7) is 2.74. The number of benzene rings is 3. The fourth-order valence-electron chi connectivity index (χ4n) is 3.31. The van der Waals surface area contributed by atoms with Crippen LogP contribution in [0.15, 0.2) is 72.4 Å². The number of halogens is 2. The third kappa shape index (κ3) is 5.30. The van der Waals surface area contributed by atoms with E-state index in [1.807, 2.05) is 49.4 Å². The van der Waals surface area contributed by atoms with Crippen molar-refractivity contribution in [2.75, 3.05) is 11.5 Å². The van der Waals surface area contributed by atoms with Crippen molar-refractivity contribution in [1.29, 1.82) is 0 Å². The van der Waals surface area contributed by atoms with Gasteiger partial charge in [-0.1, -0.05) is 47.5 Å². The van der Waals surface area contributed by atoms with Gasteiger partial charge in [0.2, 0.25) is 0 Å². The first kappa shape index (κ1) is 23.1. The summed E-state index contributed by atoms with van der Waals surface area (Å²) < 4.78 is 11.5.